The van der Waals surface area contributed by atoms with Crippen LogP contribution in [0.25, 0.3) is 0 Å². The van der Waals surface area contributed by atoms with Crippen LogP contribution in [-0.2, 0) is 0 Å². The van der Waals surface area contributed by atoms with Gasteiger partial charge >= 0.3 is 5.97 Å². The topological polar surface area (TPSA) is 85.0 Å². The van der Waals surface area contributed by atoms with Crippen molar-refractivity contribution in [2.45, 2.75) is 0 Å². The Morgan fingerprint density at radius 1 is 1.47 bits per heavy atom. The largest absolute Gasteiger partial charge is 0.871 e. The van der Waals surface area contributed by atoms with E-state index in [-0.39, 0.29) is 10.0 Å². The zero-order valence-corrected chi connectivity index (χ0v) is 11.3. The number of quaternary nitrogens is 1. The van der Waals surface area contributed by atoms with Crippen molar-refractivity contribution in [2.24, 2.45) is 0 Å². The predicted octanol–water partition coefficient (Wildman–Crippen LogP) is -0.656. The molecule has 0 spiro atoms. The van der Waals surface area contributed by atoms with Gasteiger partial charge < -0.3 is 20.2 Å². The maximum absolute atomic E-state index is 11.0. The van der Waals surface area contributed by atoms with Crippen molar-refractivity contribution in [3.8, 4) is 5.75 Å². The van der Waals surface area contributed by atoms with E-state index >= 15 is 0 Å². The van der Waals surface area contributed by atoms with Crippen LogP contribution in [0, 0.1) is 0 Å². The van der Waals surface area contributed by atoms with Crippen LogP contribution in [0.4, 0.5) is 0 Å². The summed E-state index contributed by atoms with van der Waals surface area (Å²) in [7, 11) is 4.02. The molecule has 3 N–H and O–H groups in total. The standard InChI is InChI=1S/C7H5BrO3.C4H11NO/c8-5-3-1-2-4(6(5)9)7(10)11;1-5(2)3-4-6/h1-3,9H,(H,10,11);6H,3-4H2,1-2H3. The molecule has 0 unspecified atom stereocenters. The molecule has 0 amide bonds. The van der Waals surface area contributed by atoms with Crippen LogP contribution in [0.5, 0.6) is 5.75 Å². The van der Waals surface area contributed by atoms with Gasteiger partial charge in [0.25, 0.3) is 0 Å². The molecule has 5 nitrogen and oxygen atoms in total. The van der Waals surface area contributed by atoms with Crippen molar-refractivity contribution < 1.29 is 25.0 Å². The summed E-state index contributed by atoms with van der Waals surface area (Å²) in [6.45, 7) is 1.14. The number of para-hydroxylation sites is 1. The molecule has 0 atom stereocenters. The summed E-state index contributed by atoms with van der Waals surface area (Å²) in [6, 6.07) is 4.29. The molecular weight excluding hydrogens is 290 g/mol. The van der Waals surface area contributed by atoms with E-state index in [0.717, 1.165) is 6.54 Å². The van der Waals surface area contributed by atoms with Crippen molar-refractivity contribution >= 4 is 21.9 Å². The lowest BCUT2D eigenvalue weighted by Gasteiger charge is -2.10. The molecule has 96 valence electrons. The highest BCUT2D eigenvalue weighted by atomic mass is 79.9. The minimum absolute atomic E-state index is 0.209. The normalized spacial score (nSPS) is 9.71. The number of aliphatic hydroxyl groups excluding tert-OH is 1. The highest BCUT2D eigenvalue weighted by Crippen LogP contribution is 2.24. The fourth-order valence-electron chi connectivity index (χ4n) is 0.901. The number of rotatable bonds is 3. The lowest BCUT2D eigenvalue weighted by molar-refractivity contribution is -0.858. The Balaban J connectivity index is 0.000000366. The van der Waals surface area contributed by atoms with Crippen LogP contribution >= 0.6 is 15.9 Å². The molecular formula is C11H16BrNO4. The average Bonchev–Trinajstić information content (AvgIpc) is 2.22. The second-order valence-electron chi connectivity index (χ2n) is 3.60. The van der Waals surface area contributed by atoms with Crippen LogP contribution in [0.1, 0.15) is 10.4 Å². The molecule has 0 heterocycles. The Morgan fingerprint density at radius 3 is 2.35 bits per heavy atom. The van der Waals surface area contributed by atoms with Crippen molar-refractivity contribution in [1.82, 2.24) is 0 Å². The first-order valence-electron chi connectivity index (χ1n) is 4.98. The number of nitrogens with one attached hydrogen (secondary N) is 1. The molecule has 0 fully saturated rings. The highest BCUT2D eigenvalue weighted by molar-refractivity contribution is 9.10. The summed E-state index contributed by atoms with van der Waals surface area (Å²) >= 11 is 2.94. The fourth-order valence-corrected chi connectivity index (χ4v) is 1.27. The summed E-state index contributed by atoms with van der Waals surface area (Å²) in [5.41, 5.74) is -0.209. The Morgan fingerprint density at radius 2 is 2.06 bits per heavy atom. The molecule has 0 aliphatic rings. The van der Waals surface area contributed by atoms with Gasteiger partial charge in [0.1, 0.15) is 6.54 Å². The van der Waals surface area contributed by atoms with Crippen LogP contribution in [-0.4, -0.2) is 43.4 Å². The minimum atomic E-state index is -1.20. The zero-order chi connectivity index (χ0) is 13.4. The van der Waals surface area contributed by atoms with Gasteiger partial charge in [0.15, 0.2) is 0 Å². The SMILES string of the molecule is C[NH+](C)CCO.O=C(O)c1cccc(Br)c1[O-]. The number of hydrogen-bond acceptors (Lipinski definition) is 3. The number of aliphatic hydroxyl groups is 1. The second kappa shape index (κ2) is 8.05. The zero-order valence-electron chi connectivity index (χ0n) is 9.74. The molecule has 0 saturated heterocycles. The van der Waals surface area contributed by atoms with Gasteiger partial charge in [-0.15, -0.1) is 0 Å². The van der Waals surface area contributed by atoms with Crippen molar-refractivity contribution in [2.75, 3.05) is 27.2 Å². The molecule has 1 rings (SSSR count). The highest BCUT2D eigenvalue weighted by Gasteiger charge is 2.03. The molecule has 1 aromatic carbocycles. The smallest absolute Gasteiger partial charge is 0.335 e. The van der Waals surface area contributed by atoms with Gasteiger partial charge in [0, 0.05) is 4.47 Å². The van der Waals surface area contributed by atoms with Gasteiger partial charge in [-0.2, -0.15) is 0 Å². The third kappa shape index (κ3) is 6.25. The van der Waals surface area contributed by atoms with E-state index in [0.29, 0.717) is 6.61 Å². The Kier molecular flexibility index (Phi) is 7.53. The number of aromatic carboxylic acids is 1. The summed E-state index contributed by atoms with van der Waals surface area (Å²) in [6.07, 6.45) is 0. The summed E-state index contributed by atoms with van der Waals surface area (Å²) in [5.74, 6) is -1.68. The average molecular weight is 306 g/mol. The molecule has 0 radical (unpaired) electrons. The lowest BCUT2D eigenvalue weighted by Crippen LogP contribution is -3.06. The summed E-state index contributed by atoms with van der Waals surface area (Å²) in [4.78, 5) is 11.6. The first kappa shape index (κ1) is 15.9. The molecule has 0 aliphatic heterocycles. The Hall–Kier alpha value is -1.11. The van der Waals surface area contributed by atoms with Gasteiger partial charge in [-0.1, -0.05) is 27.7 Å². The number of carboxylic acid groups (broad SMARTS) is 1. The summed E-state index contributed by atoms with van der Waals surface area (Å²) < 4.78 is 0.275. The molecule has 0 bridgehead atoms. The minimum Gasteiger partial charge on any atom is -0.871 e. The van der Waals surface area contributed by atoms with Crippen LogP contribution in [0.2, 0.25) is 0 Å². The molecule has 0 aliphatic carbocycles. The number of carboxylic acids is 1. The van der Waals surface area contributed by atoms with Crippen LogP contribution < -0.4 is 10.0 Å². The van der Waals surface area contributed by atoms with E-state index in [2.05, 4.69) is 15.9 Å². The van der Waals surface area contributed by atoms with E-state index in [1.807, 2.05) is 14.1 Å². The maximum atomic E-state index is 11.0. The lowest BCUT2D eigenvalue weighted by atomic mass is 10.2. The van der Waals surface area contributed by atoms with Gasteiger partial charge in [0.05, 0.1) is 26.3 Å². The fraction of sp³-hybridized carbons (Fsp3) is 0.364. The number of hydrogen-bond donors (Lipinski definition) is 3. The molecule has 1 aromatic rings. The van der Waals surface area contributed by atoms with Crippen molar-refractivity contribution in [3.63, 3.8) is 0 Å². The molecule has 17 heavy (non-hydrogen) atoms. The number of likely N-dealkylation sites (N-methyl/N-ethyl adjacent to an activating group) is 1. The number of carbonyl (C=O) groups is 1. The van der Waals surface area contributed by atoms with Gasteiger partial charge in [-0.05, 0) is 12.1 Å². The van der Waals surface area contributed by atoms with Crippen LogP contribution in [0.15, 0.2) is 22.7 Å². The first-order chi connectivity index (χ1) is 7.90. The van der Waals surface area contributed by atoms with E-state index in [1.165, 1.54) is 23.1 Å². The number of benzene rings is 1. The van der Waals surface area contributed by atoms with E-state index in [1.54, 1.807) is 0 Å². The van der Waals surface area contributed by atoms with Crippen LogP contribution in [0.3, 0.4) is 0 Å². The van der Waals surface area contributed by atoms with E-state index < -0.39 is 11.7 Å². The quantitative estimate of drug-likeness (QED) is 0.692. The van der Waals surface area contributed by atoms with Crippen molar-refractivity contribution in [1.29, 1.82) is 0 Å². The monoisotopic (exact) mass is 305 g/mol. The van der Waals surface area contributed by atoms with E-state index in [9.17, 15) is 9.90 Å². The first-order valence-corrected chi connectivity index (χ1v) is 5.78. The third-order valence-corrected chi connectivity index (χ3v) is 2.43. The van der Waals surface area contributed by atoms with E-state index in [4.69, 9.17) is 10.2 Å². The second-order valence-corrected chi connectivity index (χ2v) is 4.46. The van der Waals surface area contributed by atoms with Gasteiger partial charge in [-0.3, -0.25) is 0 Å². The molecule has 0 saturated carbocycles. The predicted molar refractivity (Wildman–Crippen MR) is 65.3 cm³/mol. The third-order valence-electron chi connectivity index (χ3n) is 1.81. The Bertz CT molecular complexity index is 368. The molecule has 6 heteroatoms. The molecule has 0 aromatic heterocycles. The maximum Gasteiger partial charge on any atom is 0.335 e. The van der Waals surface area contributed by atoms with Gasteiger partial charge in [-0.25, -0.2) is 4.79 Å². The summed E-state index contributed by atoms with van der Waals surface area (Å²) in [5, 5.41) is 27.7. The van der Waals surface area contributed by atoms with Gasteiger partial charge in [0.2, 0.25) is 0 Å². The number of halogens is 1. The Labute approximate surface area is 108 Å². The van der Waals surface area contributed by atoms with Crippen molar-refractivity contribution in [3.05, 3.63) is 28.2 Å².